The van der Waals surface area contributed by atoms with E-state index in [4.69, 9.17) is 4.52 Å². The van der Waals surface area contributed by atoms with Crippen LogP contribution in [0.15, 0.2) is 40.9 Å². The fourth-order valence-electron chi connectivity index (χ4n) is 2.00. The number of nitrogens with one attached hydrogen (secondary N) is 1. The second kappa shape index (κ2) is 7.07. The van der Waals surface area contributed by atoms with Gasteiger partial charge < -0.3 is 9.84 Å². The first-order valence-electron chi connectivity index (χ1n) is 6.64. The Morgan fingerprint density at radius 2 is 2.05 bits per heavy atom. The highest BCUT2D eigenvalue weighted by Gasteiger charge is 2.08. The maximum atomic E-state index is 5.39. The van der Waals surface area contributed by atoms with Gasteiger partial charge in [-0.15, -0.1) is 0 Å². The van der Waals surface area contributed by atoms with Gasteiger partial charge in [0.05, 0.1) is 6.54 Å². The maximum Gasteiger partial charge on any atom is 0.151 e. The van der Waals surface area contributed by atoms with Crippen LogP contribution in [0.3, 0.4) is 0 Å². The lowest BCUT2D eigenvalue weighted by atomic mass is 10.1. The van der Waals surface area contributed by atoms with Gasteiger partial charge in [-0.2, -0.15) is 0 Å². The Labute approximate surface area is 114 Å². The lowest BCUT2D eigenvalue weighted by molar-refractivity contribution is 0.270. The molecule has 0 saturated carbocycles. The summed E-state index contributed by atoms with van der Waals surface area (Å²) in [6.45, 7) is 2.88. The molecule has 0 aliphatic heterocycles. The van der Waals surface area contributed by atoms with Crippen molar-refractivity contribution in [2.75, 3.05) is 27.2 Å². The van der Waals surface area contributed by atoms with Crippen molar-refractivity contribution in [2.45, 2.75) is 13.0 Å². The molecule has 2 rings (SSSR count). The largest absolute Gasteiger partial charge is 0.359 e. The molecule has 0 fully saturated rings. The molecule has 0 atom stereocenters. The topological polar surface area (TPSA) is 41.3 Å². The molecule has 2 aromatic rings. The number of hydrogen-bond acceptors (Lipinski definition) is 4. The lowest BCUT2D eigenvalue weighted by Gasteiger charge is -2.13. The first-order valence-corrected chi connectivity index (χ1v) is 6.64. The molecule has 0 radical (unpaired) electrons. The summed E-state index contributed by atoms with van der Waals surface area (Å²) in [5.41, 5.74) is 1.99. The van der Waals surface area contributed by atoms with Gasteiger partial charge in [0.2, 0.25) is 0 Å². The van der Waals surface area contributed by atoms with Crippen molar-refractivity contribution < 1.29 is 4.52 Å². The molecule has 0 aliphatic carbocycles. The summed E-state index contributed by atoms with van der Waals surface area (Å²) in [7, 11) is 4.07. The number of hydrogen-bond donors (Lipinski definition) is 1. The molecule has 1 N–H and O–H groups in total. The molecule has 1 heterocycles. The summed E-state index contributed by atoms with van der Waals surface area (Å²) in [6.07, 6.45) is 1.13. The van der Waals surface area contributed by atoms with Crippen LogP contribution in [0.5, 0.6) is 0 Å². The third-order valence-corrected chi connectivity index (χ3v) is 3.02. The van der Waals surface area contributed by atoms with Crippen LogP contribution in [-0.4, -0.2) is 37.2 Å². The maximum absolute atomic E-state index is 5.39. The van der Waals surface area contributed by atoms with E-state index in [1.807, 2.05) is 43.4 Å². The number of aromatic nitrogens is 1. The van der Waals surface area contributed by atoms with E-state index in [9.17, 15) is 0 Å². The van der Waals surface area contributed by atoms with Crippen molar-refractivity contribution in [2.24, 2.45) is 0 Å². The highest BCUT2D eigenvalue weighted by molar-refractivity contribution is 5.58. The van der Waals surface area contributed by atoms with Crippen molar-refractivity contribution in [3.8, 4) is 11.3 Å². The molecule has 0 aliphatic rings. The second-order valence-electron chi connectivity index (χ2n) is 4.74. The molecule has 0 bridgehead atoms. The third-order valence-electron chi connectivity index (χ3n) is 3.02. The zero-order valence-corrected chi connectivity index (χ0v) is 11.6. The smallest absolute Gasteiger partial charge is 0.151 e. The Balaban J connectivity index is 1.91. The standard InChI is InChI=1S/C15H21N3O/c1-16-9-6-10-18(2)12-14-11-15(17-19-14)13-7-4-3-5-8-13/h3-5,7-8,11,16H,6,9-10,12H2,1-2H3. The van der Waals surface area contributed by atoms with E-state index >= 15 is 0 Å². The van der Waals surface area contributed by atoms with Crippen LogP contribution in [0, 0.1) is 0 Å². The van der Waals surface area contributed by atoms with Crippen molar-refractivity contribution >= 4 is 0 Å². The van der Waals surface area contributed by atoms with Gasteiger partial charge in [0.1, 0.15) is 5.69 Å². The minimum Gasteiger partial charge on any atom is -0.359 e. The molecule has 4 heteroatoms. The molecule has 0 saturated heterocycles. The highest BCUT2D eigenvalue weighted by atomic mass is 16.5. The zero-order valence-electron chi connectivity index (χ0n) is 11.6. The Morgan fingerprint density at radius 3 is 2.79 bits per heavy atom. The molecule has 19 heavy (non-hydrogen) atoms. The van der Waals surface area contributed by atoms with Gasteiger partial charge in [-0.1, -0.05) is 35.5 Å². The van der Waals surface area contributed by atoms with Crippen LogP contribution < -0.4 is 5.32 Å². The monoisotopic (exact) mass is 259 g/mol. The van der Waals surface area contributed by atoms with Gasteiger partial charge in [0.15, 0.2) is 5.76 Å². The number of nitrogens with zero attached hydrogens (tertiary/aromatic N) is 2. The molecule has 1 aromatic carbocycles. The van der Waals surface area contributed by atoms with Gasteiger partial charge >= 0.3 is 0 Å². The van der Waals surface area contributed by atoms with E-state index in [0.29, 0.717) is 0 Å². The predicted octanol–water partition coefficient (Wildman–Crippen LogP) is 2.38. The van der Waals surface area contributed by atoms with Crippen molar-refractivity contribution in [1.29, 1.82) is 0 Å². The van der Waals surface area contributed by atoms with Crippen LogP contribution in [0.25, 0.3) is 11.3 Å². The van der Waals surface area contributed by atoms with Crippen LogP contribution >= 0.6 is 0 Å². The minimum absolute atomic E-state index is 0.795. The molecule has 0 spiro atoms. The summed E-state index contributed by atoms with van der Waals surface area (Å²) in [5, 5.41) is 7.27. The summed E-state index contributed by atoms with van der Waals surface area (Å²) < 4.78 is 5.39. The second-order valence-corrected chi connectivity index (χ2v) is 4.74. The zero-order chi connectivity index (χ0) is 13.5. The molecular formula is C15H21N3O. The summed E-state index contributed by atoms with van der Waals surface area (Å²) in [6, 6.07) is 12.1. The molecule has 4 nitrogen and oxygen atoms in total. The van der Waals surface area contributed by atoms with Gasteiger partial charge in [-0.05, 0) is 33.6 Å². The van der Waals surface area contributed by atoms with Crippen LogP contribution in [0.4, 0.5) is 0 Å². The Kier molecular flexibility index (Phi) is 5.12. The molecule has 0 amide bonds. The Hall–Kier alpha value is -1.65. The van der Waals surface area contributed by atoms with Gasteiger partial charge in [0, 0.05) is 11.6 Å². The van der Waals surface area contributed by atoms with E-state index < -0.39 is 0 Å². The number of rotatable bonds is 7. The molecule has 0 unspecified atom stereocenters. The summed E-state index contributed by atoms with van der Waals surface area (Å²) >= 11 is 0. The van der Waals surface area contributed by atoms with E-state index in [-0.39, 0.29) is 0 Å². The van der Waals surface area contributed by atoms with Crippen LogP contribution in [0.1, 0.15) is 12.2 Å². The SMILES string of the molecule is CNCCCN(C)Cc1cc(-c2ccccc2)no1. The molecule has 102 valence electrons. The molecule has 1 aromatic heterocycles. The van der Waals surface area contributed by atoms with E-state index in [1.54, 1.807) is 0 Å². The quantitative estimate of drug-likeness (QED) is 0.775. The van der Waals surface area contributed by atoms with Gasteiger partial charge in [-0.3, -0.25) is 4.90 Å². The minimum atomic E-state index is 0.795. The van der Waals surface area contributed by atoms with Gasteiger partial charge in [0.25, 0.3) is 0 Å². The van der Waals surface area contributed by atoms with E-state index in [2.05, 4.69) is 22.4 Å². The lowest BCUT2D eigenvalue weighted by Crippen LogP contribution is -2.22. The van der Waals surface area contributed by atoms with Gasteiger partial charge in [-0.25, -0.2) is 0 Å². The van der Waals surface area contributed by atoms with Crippen molar-refractivity contribution in [3.05, 3.63) is 42.2 Å². The van der Waals surface area contributed by atoms with E-state index in [0.717, 1.165) is 43.1 Å². The van der Waals surface area contributed by atoms with E-state index in [1.165, 1.54) is 0 Å². The van der Waals surface area contributed by atoms with Crippen molar-refractivity contribution in [3.63, 3.8) is 0 Å². The first-order chi connectivity index (χ1) is 9.29. The highest BCUT2D eigenvalue weighted by Crippen LogP contribution is 2.19. The Bertz CT molecular complexity index is 481. The average Bonchev–Trinajstić information content (AvgIpc) is 2.88. The van der Waals surface area contributed by atoms with Crippen LogP contribution in [-0.2, 0) is 6.54 Å². The fraction of sp³-hybridized carbons (Fsp3) is 0.400. The van der Waals surface area contributed by atoms with Crippen LogP contribution in [0.2, 0.25) is 0 Å². The summed E-state index contributed by atoms with van der Waals surface area (Å²) in [4.78, 5) is 2.24. The number of benzene rings is 1. The fourth-order valence-corrected chi connectivity index (χ4v) is 2.00. The molecular weight excluding hydrogens is 238 g/mol. The average molecular weight is 259 g/mol. The predicted molar refractivity (Wildman–Crippen MR) is 76.8 cm³/mol. The van der Waals surface area contributed by atoms with Crippen molar-refractivity contribution in [1.82, 2.24) is 15.4 Å². The first kappa shape index (κ1) is 13.8. The normalized spacial score (nSPS) is 11.1. The Morgan fingerprint density at radius 1 is 1.26 bits per heavy atom. The summed E-state index contributed by atoms with van der Waals surface area (Å²) in [5.74, 6) is 0.908. The third kappa shape index (κ3) is 4.19.